The predicted molar refractivity (Wildman–Crippen MR) is 92.1 cm³/mol. The summed E-state index contributed by atoms with van der Waals surface area (Å²) >= 11 is 0. The van der Waals surface area contributed by atoms with Crippen LogP contribution in [0.5, 0.6) is 5.75 Å². The number of nitrogens with zero attached hydrogens (tertiary/aromatic N) is 1. The zero-order chi connectivity index (χ0) is 19.4. The second-order valence-corrected chi connectivity index (χ2v) is 8.85. The number of halogens is 3. The minimum Gasteiger partial charge on any atom is -0.406 e. The van der Waals surface area contributed by atoms with Crippen molar-refractivity contribution in [2.75, 3.05) is 13.1 Å². The molecule has 4 nitrogen and oxygen atoms in total. The molecule has 1 aromatic rings. The number of amides is 1. The van der Waals surface area contributed by atoms with Gasteiger partial charge in [0, 0.05) is 24.4 Å². The zero-order valence-electron chi connectivity index (χ0n) is 15.3. The van der Waals surface area contributed by atoms with E-state index in [2.05, 4.69) is 4.74 Å². The average Bonchev–Trinajstić information content (AvgIpc) is 2.95. The second kappa shape index (κ2) is 6.12. The maximum atomic E-state index is 12.4. The lowest BCUT2D eigenvalue weighted by Crippen LogP contribution is -2.61. The summed E-state index contributed by atoms with van der Waals surface area (Å²) < 4.78 is 40.7. The molecule has 0 aromatic heterocycles. The van der Waals surface area contributed by atoms with Gasteiger partial charge in [0.1, 0.15) is 5.75 Å². The van der Waals surface area contributed by atoms with E-state index in [1.807, 2.05) is 4.90 Å². The van der Waals surface area contributed by atoms with Crippen molar-refractivity contribution >= 4 is 5.91 Å². The molecular weight excluding hydrogens is 359 g/mol. The number of benzene rings is 1. The van der Waals surface area contributed by atoms with Crippen LogP contribution in [0.25, 0.3) is 0 Å². The van der Waals surface area contributed by atoms with Crippen molar-refractivity contribution < 1.29 is 27.8 Å². The van der Waals surface area contributed by atoms with Crippen LogP contribution in [0.1, 0.15) is 50.5 Å². The van der Waals surface area contributed by atoms with Gasteiger partial charge >= 0.3 is 6.36 Å². The molecule has 2 aliphatic carbocycles. The Kier molecular flexibility index (Phi) is 4.22. The van der Waals surface area contributed by atoms with Crippen LogP contribution in [-0.4, -0.2) is 41.0 Å². The lowest BCUT2D eigenvalue weighted by Gasteiger charge is -2.52. The molecule has 27 heavy (non-hydrogen) atoms. The van der Waals surface area contributed by atoms with E-state index in [9.17, 15) is 23.1 Å². The first-order chi connectivity index (χ1) is 12.5. The highest BCUT2D eigenvalue weighted by Gasteiger charge is 2.53. The number of alkyl halides is 3. The Morgan fingerprint density at radius 1 is 1.19 bits per heavy atom. The van der Waals surface area contributed by atoms with Crippen molar-refractivity contribution in [2.45, 2.75) is 56.9 Å². The highest BCUT2D eigenvalue weighted by atomic mass is 19.4. The minimum absolute atomic E-state index is 0.0456. The average molecular weight is 383 g/mol. The topological polar surface area (TPSA) is 49.8 Å². The molecule has 1 saturated heterocycles. The molecule has 1 amide bonds. The highest BCUT2D eigenvalue weighted by molar-refractivity contribution is 5.81. The molecule has 1 atom stereocenters. The van der Waals surface area contributed by atoms with E-state index in [0.717, 1.165) is 37.9 Å². The van der Waals surface area contributed by atoms with Crippen LogP contribution < -0.4 is 4.74 Å². The first kappa shape index (κ1) is 18.6. The van der Waals surface area contributed by atoms with Gasteiger partial charge < -0.3 is 14.7 Å². The third-order valence-electron chi connectivity index (χ3n) is 6.37. The van der Waals surface area contributed by atoms with Gasteiger partial charge in [-0.15, -0.1) is 13.2 Å². The molecule has 2 saturated carbocycles. The molecule has 0 radical (unpaired) electrons. The van der Waals surface area contributed by atoms with Gasteiger partial charge in [0.15, 0.2) is 0 Å². The van der Waals surface area contributed by atoms with E-state index >= 15 is 0 Å². The molecule has 1 aliphatic heterocycles. The number of ether oxygens (including phenoxy) is 1. The first-order valence-corrected chi connectivity index (χ1v) is 9.41. The van der Waals surface area contributed by atoms with Crippen LogP contribution in [0.15, 0.2) is 24.3 Å². The summed E-state index contributed by atoms with van der Waals surface area (Å²) in [6.07, 6.45) is -0.605. The van der Waals surface area contributed by atoms with Crippen LogP contribution in [0.3, 0.4) is 0 Å². The SMILES string of the molecule is C[C@]1(O)C[C@@H](C(=O)N2CC3(CC[C@H](c4ccc(OC(F)(F)F)cc4)C3)C2)C1. The van der Waals surface area contributed by atoms with Gasteiger partial charge in [-0.05, 0) is 62.6 Å². The van der Waals surface area contributed by atoms with Crippen LogP contribution >= 0.6 is 0 Å². The molecule has 0 bridgehead atoms. The lowest BCUT2D eigenvalue weighted by atomic mass is 9.69. The van der Waals surface area contributed by atoms with Crippen molar-refractivity contribution in [2.24, 2.45) is 11.3 Å². The van der Waals surface area contributed by atoms with E-state index < -0.39 is 12.0 Å². The largest absolute Gasteiger partial charge is 0.573 e. The van der Waals surface area contributed by atoms with Crippen LogP contribution in [0.4, 0.5) is 13.2 Å². The normalized spacial score (nSPS) is 32.1. The molecule has 1 spiro atoms. The monoisotopic (exact) mass is 383 g/mol. The number of rotatable bonds is 3. The van der Waals surface area contributed by atoms with Crippen LogP contribution in [0, 0.1) is 11.3 Å². The summed E-state index contributed by atoms with van der Waals surface area (Å²) in [5.41, 5.74) is 0.484. The van der Waals surface area contributed by atoms with E-state index in [0.29, 0.717) is 18.8 Å². The van der Waals surface area contributed by atoms with Crippen LogP contribution in [0.2, 0.25) is 0 Å². The summed E-state index contributed by atoms with van der Waals surface area (Å²) in [5, 5.41) is 9.81. The molecule has 1 aromatic carbocycles. The maximum Gasteiger partial charge on any atom is 0.573 e. The Hall–Kier alpha value is -1.76. The molecule has 3 fully saturated rings. The predicted octanol–water partition coefficient (Wildman–Crippen LogP) is 3.84. The van der Waals surface area contributed by atoms with Crippen molar-refractivity contribution in [3.05, 3.63) is 29.8 Å². The third kappa shape index (κ3) is 3.79. The molecule has 7 heteroatoms. The minimum atomic E-state index is -4.67. The number of hydrogen-bond donors (Lipinski definition) is 1. The standard InChI is InChI=1S/C20H24F3NO3/c1-18(26)8-15(9-18)17(25)24-11-19(12-24)7-6-14(10-19)13-2-4-16(5-3-13)27-20(21,22)23/h2-5,14-15,26H,6-12H2,1H3/t14-,15-,18+/m0/s1. The Bertz CT molecular complexity index is 715. The van der Waals surface area contributed by atoms with Crippen molar-refractivity contribution in [3.8, 4) is 5.75 Å². The number of aliphatic hydroxyl groups is 1. The van der Waals surface area contributed by atoms with Crippen LogP contribution in [-0.2, 0) is 4.79 Å². The Morgan fingerprint density at radius 2 is 1.81 bits per heavy atom. The summed E-state index contributed by atoms with van der Waals surface area (Å²) in [4.78, 5) is 14.4. The lowest BCUT2D eigenvalue weighted by molar-refractivity contribution is -0.274. The number of likely N-dealkylation sites (tertiary alicyclic amines) is 1. The highest BCUT2D eigenvalue weighted by Crippen LogP contribution is 2.53. The number of carbonyl (C=O) groups is 1. The summed E-state index contributed by atoms with van der Waals surface area (Å²) in [5.74, 6) is 0.224. The van der Waals surface area contributed by atoms with Gasteiger partial charge in [0.2, 0.25) is 5.91 Å². The Morgan fingerprint density at radius 3 is 2.37 bits per heavy atom. The number of carbonyl (C=O) groups excluding carboxylic acids is 1. The summed E-state index contributed by atoms with van der Waals surface area (Å²) in [7, 11) is 0. The van der Waals surface area contributed by atoms with Gasteiger partial charge in [-0.1, -0.05) is 12.1 Å². The first-order valence-electron chi connectivity index (χ1n) is 9.41. The van der Waals surface area contributed by atoms with E-state index in [4.69, 9.17) is 0 Å². The molecule has 148 valence electrons. The van der Waals surface area contributed by atoms with Gasteiger partial charge in [-0.25, -0.2) is 0 Å². The van der Waals surface area contributed by atoms with Crippen molar-refractivity contribution in [3.63, 3.8) is 0 Å². The van der Waals surface area contributed by atoms with E-state index in [1.165, 1.54) is 12.1 Å². The fourth-order valence-corrected chi connectivity index (χ4v) is 5.07. The van der Waals surface area contributed by atoms with Crippen molar-refractivity contribution in [1.82, 2.24) is 4.90 Å². The smallest absolute Gasteiger partial charge is 0.406 e. The van der Waals surface area contributed by atoms with Gasteiger partial charge in [-0.2, -0.15) is 0 Å². The van der Waals surface area contributed by atoms with Gasteiger partial charge in [-0.3, -0.25) is 4.79 Å². The fourth-order valence-electron chi connectivity index (χ4n) is 5.07. The molecular formula is C20H24F3NO3. The quantitative estimate of drug-likeness (QED) is 0.863. The second-order valence-electron chi connectivity index (χ2n) is 8.85. The third-order valence-corrected chi connectivity index (χ3v) is 6.37. The molecule has 1 N–H and O–H groups in total. The fraction of sp³-hybridized carbons (Fsp3) is 0.650. The maximum absolute atomic E-state index is 12.4. The zero-order valence-corrected chi connectivity index (χ0v) is 15.3. The van der Waals surface area contributed by atoms with E-state index in [-0.39, 0.29) is 23.0 Å². The van der Waals surface area contributed by atoms with Gasteiger partial charge in [0.25, 0.3) is 0 Å². The Balaban J connectivity index is 1.30. The van der Waals surface area contributed by atoms with Gasteiger partial charge in [0.05, 0.1) is 5.60 Å². The number of hydrogen-bond acceptors (Lipinski definition) is 3. The van der Waals surface area contributed by atoms with Crippen molar-refractivity contribution in [1.29, 1.82) is 0 Å². The molecule has 3 aliphatic rings. The summed E-state index contributed by atoms with van der Waals surface area (Å²) in [6.45, 7) is 3.29. The molecule has 0 unspecified atom stereocenters. The molecule has 4 rings (SSSR count). The molecule has 1 heterocycles. The van der Waals surface area contributed by atoms with E-state index in [1.54, 1.807) is 19.1 Å². The summed E-state index contributed by atoms with van der Waals surface area (Å²) in [6, 6.07) is 6.16. The Labute approximate surface area is 156 Å².